The van der Waals surface area contributed by atoms with Crippen LogP contribution in [-0.2, 0) is 19.2 Å². The second-order valence-corrected chi connectivity index (χ2v) is 10.3. The molecule has 0 spiro atoms. The zero-order valence-electron chi connectivity index (χ0n) is 24.6. The van der Waals surface area contributed by atoms with Gasteiger partial charge in [-0.2, -0.15) is 0 Å². The summed E-state index contributed by atoms with van der Waals surface area (Å²) in [7, 11) is 0. The first-order valence-electron chi connectivity index (χ1n) is 14.0. The number of rotatable bonds is 11. The summed E-state index contributed by atoms with van der Waals surface area (Å²) in [5.41, 5.74) is 1.36. The molecule has 2 rings (SSSR count). The van der Waals surface area contributed by atoms with E-state index in [0.717, 1.165) is 18.8 Å². The van der Waals surface area contributed by atoms with Gasteiger partial charge in [0.2, 0.25) is 5.91 Å². The van der Waals surface area contributed by atoms with E-state index in [9.17, 15) is 34.5 Å². The van der Waals surface area contributed by atoms with Crippen molar-refractivity contribution in [1.29, 1.82) is 0 Å². The fourth-order valence-corrected chi connectivity index (χ4v) is 5.09. The van der Waals surface area contributed by atoms with Crippen LogP contribution < -0.4 is 10.3 Å². The van der Waals surface area contributed by atoms with Crippen molar-refractivity contribution in [3.63, 3.8) is 0 Å². The quantitative estimate of drug-likeness (QED) is 0.256. The second-order valence-electron chi connectivity index (χ2n) is 9.94. The molecule has 0 aromatic heterocycles. The molecule has 15 heteroatoms. The van der Waals surface area contributed by atoms with Gasteiger partial charge < -0.3 is 25.5 Å². The Bertz CT molecular complexity index is 1040. The maximum Gasteiger partial charge on any atom is 0.317 e. The summed E-state index contributed by atoms with van der Waals surface area (Å²) in [6.45, 7) is 8.57. The number of hydrogen-bond acceptors (Lipinski definition) is 9. The number of benzene rings is 1. The Morgan fingerprint density at radius 2 is 1.12 bits per heavy atom. The van der Waals surface area contributed by atoms with Gasteiger partial charge in [-0.15, -0.1) is 0 Å². The average molecular weight is 610 g/mol. The normalized spacial score (nSPS) is 16.5. The van der Waals surface area contributed by atoms with Crippen LogP contribution in [0.1, 0.15) is 20.8 Å². The van der Waals surface area contributed by atoms with Gasteiger partial charge in [0.1, 0.15) is 0 Å². The highest BCUT2D eigenvalue weighted by atomic mass is 32.1. The third-order valence-corrected chi connectivity index (χ3v) is 7.25. The Kier molecular flexibility index (Phi) is 14.6. The molecule has 234 valence electrons. The van der Waals surface area contributed by atoms with Gasteiger partial charge in [0.25, 0.3) is 0 Å². The molecular weight excluding hydrogens is 566 g/mol. The molecule has 1 aromatic carbocycles. The molecule has 0 atom stereocenters. The number of carbonyl (C=O) groups is 4. The second kappa shape index (κ2) is 17.6. The Labute approximate surface area is 252 Å². The lowest BCUT2D eigenvalue weighted by Crippen LogP contribution is -2.54. The Morgan fingerprint density at radius 1 is 0.738 bits per heavy atom. The summed E-state index contributed by atoms with van der Waals surface area (Å²) in [5, 5.41) is 35.4. The molecule has 1 amide bonds. The zero-order chi connectivity index (χ0) is 31.2. The zero-order valence-corrected chi connectivity index (χ0v) is 25.4. The predicted octanol–water partition coefficient (Wildman–Crippen LogP) is 0.469. The van der Waals surface area contributed by atoms with Crippen molar-refractivity contribution in [1.82, 2.24) is 24.6 Å². The molecule has 42 heavy (non-hydrogen) atoms. The van der Waals surface area contributed by atoms with Gasteiger partial charge in [0.15, 0.2) is 5.11 Å². The van der Waals surface area contributed by atoms with Gasteiger partial charge in [-0.1, -0.05) is 0 Å². The van der Waals surface area contributed by atoms with Crippen molar-refractivity contribution in [2.75, 3.05) is 95.4 Å². The van der Waals surface area contributed by atoms with E-state index < -0.39 is 17.9 Å². The third kappa shape index (κ3) is 11.9. The number of carbonyl (C=O) groups excluding carboxylic acids is 1. The average Bonchev–Trinajstić information content (AvgIpc) is 2.90. The van der Waals surface area contributed by atoms with Crippen LogP contribution in [0.5, 0.6) is 0 Å². The summed E-state index contributed by atoms with van der Waals surface area (Å²) < 4.78 is 0. The lowest BCUT2D eigenvalue weighted by atomic mass is 10.2. The predicted molar refractivity (Wildman–Crippen MR) is 163 cm³/mol. The van der Waals surface area contributed by atoms with E-state index >= 15 is 0 Å². The summed E-state index contributed by atoms with van der Waals surface area (Å²) in [6, 6.07) is 7.22. The number of hydrogen-bond donors (Lipinski definition) is 4. The highest BCUT2D eigenvalue weighted by Crippen LogP contribution is 2.21. The largest absolute Gasteiger partial charge is 0.480 e. The molecule has 1 aromatic rings. The van der Waals surface area contributed by atoms with Crippen LogP contribution >= 0.6 is 12.2 Å². The minimum absolute atomic E-state index is 0.240. The van der Waals surface area contributed by atoms with Crippen LogP contribution in [0.25, 0.3) is 0 Å². The summed E-state index contributed by atoms with van der Waals surface area (Å²) >= 11 is 5.48. The van der Waals surface area contributed by atoms with Gasteiger partial charge in [0.05, 0.1) is 25.3 Å². The molecule has 1 fully saturated rings. The SMILES string of the molecule is CCN(CC)C(=S)Nc1ccc(N(C(C)=O)N2CCN(CC(=O)O)CCN(CC(=O)O)CCN(CC(=O)O)CC2)cc1. The van der Waals surface area contributed by atoms with Crippen molar-refractivity contribution in [3.8, 4) is 0 Å². The number of anilines is 2. The van der Waals surface area contributed by atoms with Crippen LogP contribution in [0, 0.1) is 0 Å². The number of aliphatic carboxylic acids is 3. The van der Waals surface area contributed by atoms with E-state index in [1.165, 1.54) is 11.9 Å². The van der Waals surface area contributed by atoms with Gasteiger partial charge in [0, 0.05) is 78.1 Å². The standard InChI is InChI=1S/C27H43N7O7S/c1-4-32(5-2)27(42)28-22-6-8-23(9-7-22)34(21(3)35)33-16-14-30(19-25(38)39)12-10-29(18-24(36)37)11-13-31(15-17-33)20-26(40)41/h6-9H,4-5,10-20H2,1-3H3,(H,28,42)(H,36,37)(H,38,39)(H,40,41). The van der Waals surface area contributed by atoms with Crippen molar-refractivity contribution in [3.05, 3.63) is 24.3 Å². The highest BCUT2D eigenvalue weighted by molar-refractivity contribution is 7.80. The Hall–Kier alpha value is -3.37. The van der Waals surface area contributed by atoms with E-state index in [0.29, 0.717) is 37.0 Å². The van der Waals surface area contributed by atoms with Gasteiger partial charge >= 0.3 is 17.9 Å². The van der Waals surface area contributed by atoms with Crippen molar-refractivity contribution < 1.29 is 34.5 Å². The minimum atomic E-state index is -1.02. The summed E-state index contributed by atoms with van der Waals surface area (Å²) in [6.07, 6.45) is 0. The number of carboxylic acids is 3. The van der Waals surface area contributed by atoms with E-state index in [2.05, 4.69) is 5.32 Å². The fraction of sp³-hybridized carbons (Fsp3) is 0.593. The van der Waals surface area contributed by atoms with Gasteiger partial charge in [-0.25, -0.2) is 10.0 Å². The number of carboxylic acid groups (broad SMARTS) is 3. The van der Waals surface area contributed by atoms with E-state index in [-0.39, 0.29) is 51.7 Å². The van der Waals surface area contributed by atoms with Crippen LogP contribution in [0.2, 0.25) is 0 Å². The number of nitrogens with one attached hydrogen (secondary N) is 1. The minimum Gasteiger partial charge on any atom is -0.480 e. The molecule has 0 aliphatic carbocycles. The number of thiocarbonyl (C=S) groups is 1. The molecule has 0 radical (unpaired) electrons. The third-order valence-electron chi connectivity index (χ3n) is 6.89. The maximum atomic E-state index is 13.0. The number of amides is 1. The lowest BCUT2D eigenvalue weighted by Gasteiger charge is -2.38. The summed E-state index contributed by atoms with van der Waals surface area (Å²) in [4.78, 5) is 54.6. The first-order chi connectivity index (χ1) is 19.9. The van der Waals surface area contributed by atoms with E-state index in [1.54, 1.807) is 31.8 Å². The molecule has 1 heterocycles. The van der Waals surface area contributed by atoms with E-state index in [1.807, 2.05) is 30.9 Å². The van der Waals surface area contributed by atoms with Crippen molar-refractivity contribution in [2.24, 2.45) is 0 Å². The van der Waals surface area contributed by atoms with Crippen LogP contribution in [0.15, 0.2) is 24.3 Å². The number of hydrazine groups is 1. The first-order valence-corrected chi connectivity index (χ1v) is 14.4. The molecule has 1 aliphatic heterocycles. The molecule has 0 saturated carbocycles. The Morgan fingerprint density at radius 3 is 1.45 bits per heavy atom. The molecule has 1 aliphatic rings. The van der Waals surface area contributed by atoms with Crippen LogP contribution in [0.4, 0.5) is 11.4 Å². The fourth-order valence-electron chi connectivity index (χ4n) is 4.72. The van der Waals surface area contributed by atoms with Crippen LogP contribution in [-0.4, -0.2) is 154 Å². The van der Waals surface area contributed by atoms with Crippen molar-refractivity contribution >= 4 is 52.5 Å². The van der Waals surface area contributed by atoms with Crippen molar-refractivity contribution in [2.45, 2.75) is 20.8 Å². The first kappa shape index (κ1) is 34.8. The molecule has 14 nitrogen and oxygen atoms in total. The smallest absolute Gasteiger partial charge is 0.317 e. The molecule has 1 saturated heterocycles. The Balaban J connectivity index is 2.33. The molecule has 0 bridgehead atoms. The molecule has 0 unspecified atom stereocenters. The molecule has 4 N–H and O–H groups in total. The van der Waals surface area contributed by atoms with E-state index in [4.69, 9.17) is 12.2 Å². The van der Waals surface area contributed by atoms with Gasteiger partial charge in [-0.05, 0) is 50.3 Å². The topological polar surface area (TPSA) is 160 Å². The van der Waals surface area contributed by atoms with Gasteiger partial charge in [-0.3, -0.25) is 33.9 Å². The highest BCUT2D eigenvalue weighted by Gasteiger charge is 2.25. The lowest BCUT2D eigenvalue weighted by molar-refractivity contribution is -0.140. The monoisotopic (exact) mass is 609 g/mol. The summed E-state index contributed by atoms with van der Waals surface area (Å²) in [5.74, 6) is -3.31. The van der Waals surface area contributed by atoms with Crippen LogP contribution in [0.3, 0.4) is 0 Å². The number of nitrogens with zero attached hydrogens (tertiary/aromatic N) is 6. The maximum absolute atomic E-state index is 13.0. The molecular formula is C27H43N7O7S.